The molecule has 2 aromatic rings. The number of carbonyl (C=O) groups is 1. The summed E-state index contributed by atoms with van der Waals surface area (Å²) in [6.07, 6.45) is 0. The average molecular weight is 309 g/mol. The van der Waals surface area contributed by atoms with Crippen molar-refractivity contribution in [1.82, 2.24) is 9.78 Å². The van der Waals surface area contributed by atoms with Gasteiger partial charge in [-0.05, 0) is 19.1 Å². The number of nitrogens with two attached hydrogens (primary N) is 1. The second kappa shape index (κ2) is 6.05. The molecule has 0 saturated carbocycles. The number of aromatic nitrogens is 2. The zero-order valence-electron chi connectivity index (χ0n) is 11.9. The Balaban J connectivity index is 2.38. The first kappa shape index (κ1) is 15.2. The van der Waals surface area contributed by atoms with Crippen LogP contribution in [-0.4, -0.2) is 27.4 Å². The van der Waals surface area contributed by atoms with Crippen LogP contribution in [0, 0.1) is 6.92 Å². The molecule has 0 amide bonds. The van der Waals surface area contributed by atoms with Crippen molar-refractivity contribution < 1.29 is 9.90 Å². The molecule has 1 heterocycles. The smallest absolute Gasteiger partial charge is 0.323 e. The number of nitrogens with zero attached hydrogens (tertiary/aromatic N) is 3. The molecule has 0 radical (unpaired) electrons. The van der Waals surface area contributed by atoms with E-state index in [-0.39, 0.29) is 6.54 Å². The van der Waals surface area contributed by atoms with Crippen molar-refractivity contribution in [3.05, 3.63) is 40.7 Å². The van der Waals surface area contributed by atoms with Gasteiger partial charge in [-0.2, -0.15) is 5.10 Å². The van der Waals surface area contributed by atoms with E-state index in [1.54, 1.807) is 34.8 Å². The Kier molecular flexibility index (Phi) is 4.37. The molecule has 112 valence electrons. The number of benzene rings is 1. The van der Waals surface area contributed by atoms with Gasteiger partial charge in [0.15, 0.2) is 0 Å². The zero-order chi connectivity index (χ0) is 15.6. The Morgan fingerprint density at radius 3 is 2.67 bits per heavy atom. The minimum Gasteiger partial charge on any atom is -0.480 e. The molecule has 3 N–H and O–H groups in total. The van der Waals surface area contributed by atoms with Crippen molar-refractivity contribution in [1.29, 1.82) is 0 Å². The molecule has 2 rings (SSSR count). The standard InChI is InChI=1S/C14H17ClN4O2/c1-9-10(14(15)18(2)17-9)7-19(8-13(20)21)12-6-4-3-5-11(12)16/h3-6H,7-8,16H2,1-2H3,(H,20,21). The van der Waals surface area contributed by atoms with Gasteiger partial charge in [-0.3, -0.25) is 9.48 Å². The van der Waals surface area contributed by atoms with E-state index in [1.807, 2.05) is 13.0 Å². The van der Waals surface area contributed by atoms with Crippen LogP contribution in [0.4, 0.5) is 11.4 Å². The number of para-hydroxylation sites is 2. The van der Waals surface area contributed by atoms with E-state index in [1.165, 1.54) is 0 Å². The number of nitrogen functional groups attached to an aromatic ring is 1. The van der Waals surface area contributed by atoms with Gasteiger partial charge in [0.05, 0.1) is 17.1 Å². The monoisotopic (exact) mass is 308 g/mol. The van der Waals surface area contributed by atoms with E-state index in [0.29, 0.717) is 23.1 Å². The number of carboxylic acids is 1. The summed E-state index contributed by atoms with van der Waals surface area (Å²) >= 11 is 6.22. The van der Waals surface area contributed by atoms with Crippen LogP contribution >= 0.6 is 11.6 Å². The molecule has 0 aliphatic carbocycles. The molecule has 0 aliphatic rings. The first-order valence-electron chi connectivity index (χ1n) is 6.39. The van der Waals surface area contributed by atoms with Gasteiger partial charge in [0.1, 0.15) is 11.7 Å². The predicted octanol–water partition coefficient (Wildman–Crippen LogP) is 2.06. The molecule has 21 heavy (non-hydrogen) atoms. The Hall–Kier alpha value is -2.21. The average Bonchev–Trinajstić information content (AvgIpc) is 2.64. The second-order valence-electron chi connectivity index (χ2n) is 4.79. The Morgan fingerprint density at radius 1 is 1.48 bits per heavy atom. The lowest BCUT2D eigenvalue weighted by Gasteiger charge is -2.24. The number of anilines is 2. The third-order valence-corrected chi connectivity index (χ3v) is 3.70. The maximum atomic E-state index is 11.1. The van der Waals surface area contributed by atoms with Gasteiger partial charge in [0.2, 0.25) is 0 Å². The molecule has 6 nitrogen and oxygen atoms in total. The quantitative estimate of drug-likeness (QED) is 0.826. The van der Waals surface area contributed by atoms with Crippen LogP contribution in [0.3, 0.4) is 0 Å². The van der Waals surface area contributed by atoms with Gasteiger partial charge < -0.3 is 15.7 Å². The van der Waals surface area contributed by atoms with E-state index in [2.05, 4.69) is 5.10 Å². The highest BCUT2D eigenvalue weighted by Gasteiger charge is 2.19. The Bertz CT molecular complexity index is 669. The molecular formula is C14H17ClN4O2. The van der Waals surface area contributed by atoms with Crippen molar-refractivity contribution in [2.45, 2.75) is 13.5 Å². The van der Waals surface area contributed by atoms with Gasteiger partial charge in [0.25, 0.3) is 0 Å². The summed E-state index contributed by atoms with van der Waals surface area (Å²) in [5.41, 5.74) is 8.70. The van der Waals surface area contributed by atoms with Crippen LogP contribution in [0.15, 0.2) is 24.3 Å². The molecule has 1 aromatic heterocycles. The summed E-state index contributed by atoms with van der Waals surface area (Å²) < 4.78 is 1.57. The van der Waals surface area contributed by atoms with Crippen molar-refractivity contribution >= 4 is 28.9 Å². The SMILES string of the molecule is Cc1nn(C)c(Cl)c1CN(CC(=O)O)c1ccccc1N. The minimum atomic E-state index is -0.934. The number of carboxylic acid groups (broad SMARTS) is 1. The second-order valence-corrected chi connectivity index (χ2v) is 5.15. The number of hydrogen-bond acceptors (Lipinski definition) is 4. The van der Waals surface area contributed by atoms with Crippen molar-refractivity contribution in [2.24, 2.45) is 7.05 Å². The Labute approximate surface area is 127 Å². The fourth-order valence-electron chi connectivity index (χ4n) is 2.21. The van der Waals surface area contributed by atoms with Crippen molar-refractivity contribution in [2.75, 3.05) is 17.2 Å². The van der Waals surface area contributed by atoms with Crippen LogP contribution in [-0.2, 0) is 18.4 Å². The molecule has 7 heteroatoms. The summed E-state index contributed by atoms with van der Waals surface area (Å²) in [7, 11) is 1.75. The zero-order valence-corrected chi connectivity index (χ0v) is 12.6. The van der Waals surface area contributed by atoms with Crippen LogP contribution in [0.25, 0.3) is 0 Å². The fraction of sp³-hybridized carbons (Fsp3) is 0.286. The summed E-state index contributed by atoms with van der Waals surface area (Å²) in [4.78, 5) is 12.8. The van der Waals surface area contributed by atoms with Crippen molar-refractivity contribution in [3.8, 4) is 0 Å². The van der Waals surface area contributed by atoms with E-state index in [9.17, 15) is 4.79 Å². The first-order valence-corrected chi connectivity index (χ1v) is 6.77. The lowest BCUT2D eigenvalue weighted by atomic mass is 10.2. The maximum Gasteiger partial charge on any atom is 0.323 e. The van der Waals surface area contributed by atoms with E-state index >= 15 is 0 Å². The molecule has 0 unspecified atom stereocenters. The maximum absolute atomic E-state index is 11.1. The van der Waals surface area contributed by atoms with Gasteiger partial charge >= 0.3 is 5.97 Å². The normalized spacial score (nSPS) is 10.6. The third-order valence-electron chi connectivity index (χ3n) is 3.22. The van der Waals surface area contributed by atoms with Gasteiger partial charge in [0, 0.05) is 19.2 Å². The molecule has 0 spiro atoms. The summed E-state index contributed by atoms with van der Waals surface area (Å²) in [6.45, 7) is 2.01. The molecule has 0 fully saturated rings. The van der Waals surface area contributed by atoms with E-state index in [0.717, 1.165) is 11.3 Å². The number of aliphatic carboxylic acids is 1. The molecule has 0 aliphatic heterocycles. The molecule has 0 saturated heterocycles. The predicted molar refractivity (Wildman–Crippen MR) is 82.5 cm³/mol. The molecule has 1 aromatic carbocycles. The van der Waals surface area contributed by atoms with Gasteiger partial charge in [-0.1, -0.05) is 23.7 Å². The van der Waals surface area contributed by atoms with Crippen LogP contribution in [0.1, 0.15) is 11.3 Å². The highest BCUT2D eigenvalue weighted by molar-refractivity contribution is 6.30. The highest BCUT2D eigenvalue weighted by atomic mass is 35.5. The lowest BCUT2D eigenvalue weighted by Crippen LogP contribution is -2.30. The lowest BCUT2D eigenvalue weighted by molar-refractivity contribution is -0.135. The molecule has 0 atom stereocenters. The molecular weight excluding hydrogens is 292 g/mol. The highest BCUT2D eigenvalue weighted by Crippen LogP contribution is 2.27. The van der Waals surface area contributed by atoms with Gasteiger partial charge in [-0.25, -0.2) is 0 Å². The minimum absolute atomic E-state index is 0.168. The topological polar surface area (TPSA) is 84.4 Å². The number of hydrogen-bond donors (Lipinski definition) is 2. The van der Waals surface area contributed by atoms with E-state index in [4.69, 9.17) is 22.4 Å². The van der Waals surface area contributed by atoms with E-state index < -0.39 is 5.97 Å². The number of halogens is 1. The first-order chi connectivity index (χ1) is 9.90. The molecule has 0 bridgehead atoms. The third kappa shape index (κ3) is 3.28. The van der Waals surface area contributed by atoms with Crippen LogP contribution in [0.2, 0.25) is 5.15 Å². The largest absolute Gasteiger partial charge is 0.480 e. The van der Waals surface area contributed by atoms with Gasteiger partial charge in [-0.15, -0.1) is 0 Å². The fourth-order valence-corrected chi connectivity index (χ4v) is 2.44. The summed E-state index contributed by atoms with van der Waals surface area (Å²) in [6, 6.07) is 7.15. The van der Waals surface area contributed by atoms with Crippen LogP contribution in [0.5, 0.6) is 0 Å². The number of rotatable bonds is 5. The number of aryl methyl sites for hydroxylation is 2. The Morgan fingerprint density at radius 2 is 2.14 bits per heavy atom. The summed E-state index contributed by atoms with van der Waals surface area (Å²) in [5.74, 6) is -0.934. The van der Waals surface area contributed by atoms with Crippen LogP contribution < -0.4 is 10.6 Å². The van der Waals surface area contributed by atoms with Crippen molar-refractivity contribution in [3.63, 3.8) is 0 Å². The summed E-state index contributed by atoms with van der Waals surface area (Å²) in [5, 5.41) is 13.9.